The lowest BCUT2D eigenvalue weighted by Crippen LogP contribution is -2.40. The van der Waals surface area contributed by atoms with Crippen LogP contribution in [0.2, 0.25) is 5.02 Å². The van der Waals surface area contributed by atoms with Crippen LogP contribution >= 0.6 is 23.4 Å². The average molecular weight is 427 g/mol. The number of carbonyl (C=O) groups is 1. The first-order valence-electron chi connectivity index (χ1n) is 8.40. The number of amides is 1. The normalized spacial score (nSPS) is 11.6. The number of nitrogens with one attached hydrogen (secondary N) is 1. The van der Waals surface area contributed by atoms with Gasteiger partial charge < -0.3 is 5.32 Å². The van der Waals surface area contributed by atoms with E-state index in [-0.39, 0.29) is 19.0 Å². The van der Waals surface area contributed by atoms with Crippen LogP contribution in [0.1, 0.15) is 11.1 Å². The van der Waals surface area contributed by atoms with Crippen molar-refractivity contribution in [2.24, 2.45) is 0 Å². The van der Waals surface area contributed by atoms with Crippen LogP contribution in [0.3, 0.4) is 0 Å². The molecule has 0 aliphatic rings. The number of halogens is 1. The molecule has 146 valence electrons. The Bertz CT molecular complexity index is 854. The van der Waals surface area contributed by atoms with Gasteiger partial charge >= 0.3 is 0 Å². The number of benzene rings is 2. The van der Waals surface area contributed by atoms with Crippen molar-refractivity contribution >= 4 is 39.3 Å². The van der Waals surface area contributed by atoms with E-state index in [9.17, 15) is 13.2 Å². The lowest BCUT2D eigenvalue weighted by Gasteiger charge is -2.19. The van der Waals surface area contributed by atoms with E-state index < -0.39 is 10.0 Å². The second kappa shape index (κ2) is 10.1. The molecule has 8 heteroatoms. The quantitative estimate of drug-likeness (QED) is 0.493. The van der Waals surface area contributed by atoms with Gasteiger partial charge in [-0.3, -0.25) is 4.79 Å². The molecule has 2 aromatic carbocycles. The molecule has 2 aromatic rings. The maximum Gasteiger partial charge on any atom is 0.235 e. The van der Waals surface area contributed by atoms with Crippen LogP contribution in [0, 0.1) is 6.92 Å². The molecular formula is C19H23ClN2O3S2. The fraction of sp³-hybridized carbons (Fsp3) is 0.316. The minimum Gasteiger partial charge on any atom is -0.354 e. The minimum absolute atomic E-state index is 0.173. The number of rotatable bonds is 9. The average Bonchev–Trinajstić information content (AvgIpc) is 2.61. The van der Waals surface area contributed by atoms with E-state index in [1.807, 2.05) is 55.5 Å². The van der Waals surface area contributed by atoms with Gasteiger partial charge in [0, 0.05) is 28.8 Å². The first-order chi connectivity index (χ1) is 12.7. The predicted octanol–water partition coefficient (Wildman–Crippen LogP) is 3.32. The number of sulfonamides is 1. The summed E-state index contributed by atoms with van der Waals surface area (Å²) in [4.78, 5) is 13.2. The molecule has 0 radical (unpaired) electrons. The molecule has 0 heterocycles. The third-order valence-corrected chi connectivity index (χ3v) is 6.24. The highest BCUT2D eigenvalue weighted by atomic mass is 35.5. The van der Waals surface area contributed by atoms with E-state index in [2.05, 4.69) is 5.32 Å². The highest BCUT2D eigenvalue weighted by Gasteiger charge is 2.20. The summed E-state index contributed by atoms with van der Waals surface area (Å²) in [5.41, 5.74) is 1.94. The molecule has 1 N–H and O–H groups in total. The molecule has 0 saturated carbocycles. The Hall–Kier alpha value is -1.54. The number of hydrogen-bond donors (Lipinski definition) is 1. The Morgan fingerprint density at radius 1 is 1.11 bits per heavy atom. The maximum absolute atomic E-state index is 12.2. The van der Waals surface area contributed by atoms with Crippen molar-refractivity contribution in [3.63, 3.8) is 0 Å². The summed E-state index contributed by atoms with van der Waals surface area (Å²) in [6.45, 7) is 2.40. The van der Waals surface area contributed by atoms with Gasteiger partial charge in [0.2, 0.25) is 15.9 Å². The molecule has 5 nitrogen and oxygen atoms in total. The van der Waals surface area contributed by atoms with E-state index in [0.29, 0.717) is 17.3 Å². The van der Waals surface area contributed by atoms with Crippen molar-refractivity contribution in [3.05, 3.63) is 64.7 Å². The molecule has 0 unspecified atom stereocenters. The molecule has 1 amide bonds. The number of nitrogens with zero attached hydrogens (tertiary/aromatic N) is 1. The Kier molecular flexibility index (Phi) is 8.16. The molecule has 0 spiro atoms. The fourth-order valence-corrected chi connectivity index (χ4v) is 3.92. The molecule has 0 saturated heterocycles. The number of aryl methyl sites for hydroxylation is 1. The lowest BCUT2D eigenvalue weighted by atomic mass is 10.1. The molecule has 0 aliphatic heterocycles. The summed E-state index contributed by atoms with van der Waals surface area (Å²) in [5, 5.41) is 3.45. The van der Waals surface area contributed by atoms with Crippen molar-refractivity contribution in [2.45, 2.75) is 18.4 Å². The van der Waals surface area contributed by atoms with Crippen LogP contribution in [0.4, 0.5) is 0 Å². The van der Waals surface area contributed by atoms with E-state index in [0.717, 1.165) is 22.3 Å². The number of thioether (sulfide) groups is 1. The second-order valence-electron chi connectivity index (χ2n) is 6.17. The third kappa shape index (κ3) is 7.92. The summed E-state index contributed by atoms with van der Waals surface area (Å²) in [5.74, 6) is 0.369. The number of hydrogen-bond acceptors (Lipinski definition) is 4. The summed E-state index contributed by atoms with van der Waals surface area (Å²) >= 11 is 7.44. The van der Waals surface area contributed by atoms with Crippen LogP contribution in [-0.4, -0.2) is 43.7 Å². The lowest BCUT2D eigenvalue weighted by molar-refractivity contribution is -0.121. The molecule has 0 aliphatic carbocycles. The number of carbonyl (C=O) groups excluding carboxylic acids is 1. The minimum atomic E-state index is -3.49. The van der Waals surface area contributed by atoms with Gasteiger partial charge in [-0.1, -0.05) is 41.4 Å². The SMILES string of the molecule is Cc1ccc(CN(CC(=O)NCCSc2ccc(Cl)cc2)S(C)(=O)=O)cc1. The topological polar surface area (TPSA) is 66.5 Å². The summed E-state index contributed by atoms with van der Waals surface area (Å²) in [6, 6.07) is 15.1. The summed E-state index contributed by atoms with van der Waals surface area (Å²) < 4.78 is 25.2. The van der Waals surface area contributed by atoms with Crippen LogP contribution in [-0.2, 0) is 21.4 Å². The Morgan fingerprint density at radius 2 is 1.74 bits per heavy atom. The van der Waals surface area contributed by atoms with Gasteiger partial charge in [0.05, 0.1) is 12.8 Å². The van der Waals surface area contributed by atoms with Crippen molar-refractivity contribution in [3.8, 4) is 0 Å². The van der Waals surface area contributed by atoms with Gasteiger partial charge in [0.25, 0.3) is 0 Å². The second-order valence-corrected chi connectivity index (χ2v) is 9.76. The van der Waals surface area contributed by atoms with E-state index in [1.54, 1.807) is 11.8 Å². The van der Waals surface area contributed by atoms with Crippen molar-refractivity contribution in [1.82, 2.24) is 9.62 Å². The first-order valence-corrected chi connectivity index (χ1v) is 11.6. The maximum atomic E-state index is 12.2. The first kappa shape index (κ1) is 21.8. The van der Waals surface area contributed by atoms with Gasteiger partial charge in [-0.25, -0.2) is 8.42 Å². The summed E-state index contributed by atoms with van der Waals surface area (Å²) in [7, 11) is -3.49. The standard InChI is InChI=1S/C19H23ClN2O3S2/c1-15-3-5-16(6-4-15)13-22(27(2,24)25)14-19(23)21-11-12-26-18-9-7-17(20)8-10-18/h3-10H,11-14H2,1-2H3,(H,21,23). The van der Waals surface area contributed by atoms with E-state index in [4.69, 9.17) is 11.6 Å². The molecule has 0 bridgehead atoms. The Morgan fingerprint density at radius 3 is 2.33 bits per heavy atom. The zero-order valence-corrected chi connectivity index (χ0v) is 17.7. The zero-order chi connectivity index (χ0) is 19.9. The zero-order valence-electron chi connectivity index (χ0n) is 15.3. The van der Waals surface area contributed by atoms with Gasteiger partial charge in [0.1, 0.15) is 0 Å². The molecule has 0 atom stereocenters. The monoisotopic (exact) mass is 426 g/mol. The predicted molar refractivity (Wildman–Crippen MR) is 112 cm³/mol. The van der Waals surface area contributed by atoms with E-state index >= 15 is 0 Å². The molecule has 27 heavy (non-hydrogen) atoms. The van der Waals surface area contributed by atoms with Crippen molar-refractivity contribution in [1.29, 1.82) is 0 Å². The van der Waals surface area contributed by atoms with Crippen LogP contribution < -0.4 is 5.32 Å². The van der Waals surface area contributed by atoms with Gasteiger partial charge in [-0.2, -0.15) is 4.31 Å². The summed E-state index contributed by atoms with van der Waals surface area (Å²) in [6.07, 6.45) is 1.12. The van der Waals surface area contributed by atoms with Crippen molar-refractivity contribution < 1.29 is 13.2 Å². The van der Waals surface area contributed by atoms with Crippen LogP contribution in [0.5, 0.6) is 0 Å². The molecule has 0 aromatic heterocycles. The Balaban J connectivity index is 1.82. The highest BCUT2D eigenvalue weighted by molar-refractivity contribution is 7.99. The van der Waals surface area contributed by atoms with E-state index in [1.165, 1.54) is 4.31 Å². The highest BCUT2D eigenvalue weighted by Crippen LogP contribution is 2.19. The van der Waals surface area contributed by atoms with Crippen LogP contribution in [0.15, 0.2) is 53.4 Å². The smallest absolute Gasteiger partial charge is 0.235 e. The van der Waals surface area contributed by atoms with Gasteiger partial charge in [0.15, 0.2) is 0 Å². The van der Waals surface area contributed by atoms with Crippen LogP contribution in [0.25, 0.3) is 0 Å². The molecule has 2 rings (SSSR count). The Labute approximate surface area is 170 Å². The largest absolute Gasteiger partial charge is 0.354 e. The molecule has 0 fully saturated rings. The molecular weight excluding hydrogens is 404 g/mol. The van der Waals surface area contributed by atoms with Gasteiger partial charge in [-0.05, 0) is 36.8 Å². The third-order valence-electron chi connectivity index (χ3n) is 3.78. The van der Waals surface area contributed by atoms with Crippen molar-refractivity contribution in [2.75, 3.05) is 25.1 Å². The fourth-order valence-electron chi connectivity index (χ4n) is 2.29. The van der Waals surface area contributed by atoms with Gasteiger partial charge in [-0.15, -0.1) is 11.8 Å².